The number of aromatic nitrogens is 2. The molecule has 0 saturated heterocycles. The maximum Gasteiger partial charge on any atom is 0.0670 e. The van der Waals surface area contributed by atoms with Crippen LogP contribution in [-0.2, 0) is 4.74 Å². The fraction of sp³-hybridized carbons (Fsp3) is 0.417. The Kier molecular flexibility index (Phi) is 2.29. The molecule has 1 aliphatic carbocycles. The van der Waals surface area contributed by atoms with Crippen molar-refractivity contribution in [3.8, 4) is 0 Å². The number of benzene rings is 1. The topological polar surface area (TPSA) is 49.9 Å². The van der Waals surface area contributed by atoms with E-state index in [1.54, 1.807) is 7.11 Å². The van der Waals surface area contributed by atoms with Gasteiger partial charge in [0.25, 0.3) is 0 Å². The molecule has 0 radical (unpaired) electrons. The molecule has 4 nitrogen and oxygen atoms in total. The van der Waals surface area contributed by atoms with E-state index >= 15 is 0 Å². The molecule has 0 spiro atoms. The first-order chi connectivity index (χ1) is 7.85. The minimum absolute atomic E-state index is 0.438. The van der Waals surface area contributed by atoms with Gasteiger partial charge in [0.2, 0.25) is 0 Å². The third-order valence-electron chi connectivity index (χ3n) is 3.24. The lowest BCUT2D eigenvalue weighted by Gasteiger charge is -2.35. The van der Waals surface area contributed by atoms with Gasteiger partial charge in [-0.3, -0.25) is 5.10 Å². The molecule has 1 aromatic carbocycles. The molecule has 1 aromatic heterocycles. The van der Waals surface area contributed by atoms with Crippen LogP contribution in [0.1, 0.15) is 12.8 Å². The number of ether oxygens (including phenoxy) is 1. The predicted molar refractivity (Wildman–Crippen MR) is 63.5 cm³/mol. The van der Waals surface area contributed by atoms with E-state index in [4.69, 9.17) is 4.74 Å². The minimum atomic E-state index is 0.438. The number of H-pyrrole nitrogens is 1. The number of nitrogens with zero attached hydrogens (tertiary/aromatic N) is 1. The lowest BCUT2D eigenvalue weighted by Crippen LogP contribution is -2.40. The standard InChI is InChI=1S/C12H15N3O/c1-16-11-4-10(5-11)14-9-3-2-8-7-13-15-12(8)6-9/h2-3,6-7,10-11,14H,4-5H2,1H3,(H,13,15). The van der Waals surface area contributed by atoms with E-state index in [0.717, 1.165) is 29.4 Å². The normalized spacial score (nSPS) is 24.3. The number of aromatic amines is 1. The molecular formula is C12H15N3O. The van der Waals surface area contributed by atoms with Crippen LogP contribution in [0.3, 0.4) is 0 Å². The van der Waals surface area contributed by atoms with Crippen LogP contribution in [0.25, 0.3) is 10.9 Å². The van der Waals surface area contributed by atoms with Crippen molar-refractivity contribution in [1.82, 2.24) is 10.2 Å². The van der Waals surface area contributed by atoms with Crippen LogP contribution in [0, 0.1) is 0 Å². The van der Waals surface area contributed by atoms with Crippen molar-refractivity contribution < 1.29 is 4.74 Å². The van der Waals surface area contributed by atoms with Crippen molar-refractivity contribution in [2.45, 2.75) is 25.0 Å². The molecule has 4 heteroatoms. The van der Waals surface area contributed by atoms with E-state index in [9.17, 15) is 0 Å². The highest BCUT2D eigenvalue weighted by molar-refractivity contribution is 5.81. The zero-order chi connectivity index (χ0) is 11.0. The average molecular weight is 217 g/mol. The van der Waals surface area contributed by atoms with Crippen LogP contribution in [-0.4, -0.2) is 29.5 Å². The Hall–Kier alpha value is -1.55. The molecule has 0 atom stereocenters. The fourth-order valence-electron chi connectivity index (χ4n) is 2.14. The third kappa shape index (κ3) is 1.65. The quantitative estimate of drug-likeness (QED) is 0.828. The Morgan fingerprint density at radius 3 is 3.12 bits per heavy atom. The molecule has 0 aliphatic heterocycles. The molecule has 1 fully saturated rings. The minimum Gasteiger partial charge on any atom is -0.382 e. The average Bonchev–Trinajstić information content (AvgIpc) is 2.69. The van der Waals surface area contributed by atoms with Crippen LogP contribution in [0.15, 0.2) is 24.4 Å². The molecule has 0 bridgehead atoms. The largest absolute Gasteiger partial charge is 0.382 e. The number of fused-ring (bicyclic) bond motifs is 1. The molecular weight excluding hydrogens is 202 g/mol. The van der Waals surface area contributed by atoms with Crippen LogP contribution in [0.2, 0.25) is 0 Å². The van der Waals surface area contributed by atoms with Gasteiger partial charge in [0.05, 0.1) is 17.8 Å². The van der Waals surface area contributed by atoms with E-state index < -0.39 is 0 Å². The SMILES string of the molecule is COC1CC(Nc2ccc3cn[nH]c3c2)C1. The van der Waals surface area contributed by atoms with Gasteiger partial charge >= 0.3 is 0 Å². The lowest BCUT2D eigenvalue weighted by atomic mass is 9.89. The smallest absolute Gasteiger partial charge is 0.0670 e. The Morgan fingerprint density at radius 1 is 1.44 bits per heavy atom. The lowest BCUT2D eigenvalue weighted by molar-refractivity contribution is 0.0329. The summed E-state index contributed by atoms with van der Waals surface area (Å²) in [6, 6.07) is 6.82. The molecule has 3 rings (SSSR count). The summed E-state index contributed by atoms with van der Waals surface area (Å²) in [5.74, 6) is 0. The van der Waals surface area contributed by atoms with Gasteiger partial charge in [-0.25, -0.2) is 0 Å². The van der Waals surface area contributed by atoms with Crippen LogP contribution in [0.4, 0.5) is 5.69 Å². The number of hydrogen-bond acceptors (Lipinski definition) is 3. The Bertz CT molecular complexity index is 488. The van der Waals surface area contributed by atoms with E-state index in [0.29, 0.717) is 12.1 Å². The number of rotatable bonds is 3. The summed E-state index contributed by atoms with van der Waals surface area (Å²) in [5.41, 5.74) is 2.23. The highest BCUT2D eigenvalue weighted by Crippen LogP contribution is 2.27. The van der Waals surface area contributed by atoms with Crippen molar-refractivity contribution in [2.75, 3.05) is 12.4 Å². The second-order valence-corrected chi connectivity index (χ2v) is 4.34. The molecule has 84 valence electrons. The summed E-state index contributed by atoms with van der Waals surface area (Å²) in [4.78, 5) is 0. The summed E-state index contributed by atoms with van der Waals surface area (Å²) in [6.07, 6.45) is 4.46. The van der Waals surface area contributed by atoms with Crippen LogP contribution in [0.5, 0.6) is 0 Å². The van der Waals surface area contributed by atoms with Crippen LogP contribution < -0.4 is 5.32 Å². The maximum absolute atomic E-state index is 5.26. The van der Waals surface area contributed by atoms with Gasteiger partial charge in [-0.05, 0) is 31.0 Å². The Labute approximate surface area is 94.0 Å². The first-order valence-corrected chi connectivity index (χ1v) is 5.57. The van der Waals surface area contributed by atoms with Gasteiger partial charge in [-0.2, -0.15) is 5.10 Å². The van der Waals surface area contributed by atoms with Crippen molar-refractivity contribution in [3.05, 3.63) is 24.4 Å². The summed E-state index contributed by atoms with van der Waals surface area (Å²) in [7, 11) is 1.78. The van der Waals surface area contributed by atoms with Crippen molar-refractivity contribution >= 4 is 16.6 Å². The van der Waals surface area contributed by atoms with Crippen molar-refractivity contribution in [1.29, 1.82) is 0 Å². The van der Waals surface area contributed by atoms with Crippen molar-refractivity contribution in [3.63, 3.8) is 0 Å². The number of methoxy groups -OCH3 is 1. The molecule has 2 N–H and O–H groups in total. The highest BCUT2D eigenvalue weighted by atomic mass is 16.5. The maximum atomic E-state index is 5.26. The second-order valence-electron chi connectivity index (χ2n) is 4.34. The van der Waals surface area contributed by atoms with E-state index in [-0.39, 0.29) is 0 Å². The predicted octanol–water partition coefficient (Wildman–Crippen LogP) is 2.15. The number of nitrogens with one attached hydrogen (secondary N) is 2. The molecule has 1 aliphatic rings. The molecule has 16 heavy (non-hydrogen) atoms. The summed E-state index contributed by atoms with van der Waals surface area (Å²) in [6.45, 7) is 0. The van der Waals surface area contributed by atoms with Crippen molar-refractivity contribution in [2.24, 2.45) is 0 Å². The molecule has 2 aromatic rings. The zero-order valence-corrected chi connectivity index (χ0v) is 9.23. The summed E-state index contributed by atoms with van der Waals surface area (Å²) >= 11 is 0. The van der Waals surface area contributed by atoms with Gasteiger partial charge < -0.3 is 10.1 Å². The van der Waals surface area contributed by atoms with E-state index in [1.165, 1.54) is 0 Å². The highest BCUT2D eigenvalue weighted by Gasteiger charge is 2.28. The Balaban J connectivity index is 1.70. The van der Waals surface area contributed by atoms with Gasteiger partial charge in [0, 0.05) is 24.2 Å². The van der Waals surface area contributed by atoms with Gasteiger partial charge in [-0.15, -0.1) is 0 Å². The van der Waals surface area contributed by atoms with E-state index in [1.807, 2.05) is 6.20 Å². The summed E-state index contributed by atoms with van der Waals surface area (Å²) in [5, 5.41) is 11.6. The monoisotopic (exact) mass is 217 g/mol. The fourth-order valence-corrected chi connectivity index (χ4v) is 2.14. The molecule has 1 heterocycles. The molecule has 0 amide bonds. The Morgan fingerprint density at radius 2 is 2.31 bits per heavy atom. The first-order valence-electron chi connectivity index (χ1n) is 5.57. The first kappa shape index (κ1) is 9.66. The number of anilines is 1. The van der Waals surface area contributed by atoms with Crippen LogP contribution >= 0.6 is 0 Å². The van der Waals surface area contributed by atoms with E-state index in [2.05, 4.69) is 33.7 Å². The third-order valence-corrected chi connectivity index (χ3v) is 3.24. The van der Waals surface area contributed by atoms with Gasteiger partial charge in [0.1, 0.15) is 0 Å². The van der Waals surface area contributed by atoms with Gasteiger partial charge in [0.15, 0.2) is 0 Å². The zero-order valence-electron chi connectivity index (χ0n) is 9.23. The second kappa shape index (κ2) is 3.79. The van der Waals surface area contributed by atoms with Gasteiger partial charge in [-0.1, -0.05) is 0 Å². The molecule has 1 saturated carbocycles. The molecule has 0 unspecified atom stereocenters. The summed E-state index contributed by atoms with van der Waals surface area (Å²) < 4.78 is 5.26. The number of hydrogen-bond donors (Lipinski definition) is 2.